The standard InChI is InChI=1S/C25H26N7/c1-32(22-4-2-18-6-8-28-23(18)13-22)11-9-29-24-12-19(3-5-25(24)32)30-20-7-10-31(16-20)21-14-26-17-27-15-21/h2-6,8-9,11-15,17,20,28-30H,7,10,16H2,1H3/q+1/t20-,32?/m0/s1. The molecule has 2 aromatic heterocycles. The normalized spacial score (nSPS) is 22.0. The molecule has 2 aromatic carbocycles. The van der Waals surface area contributed by atoms with Gasteiger partial charge in [-0.25, -0.2) is 14.5 Å². The van der Waals surface area contributed by atoms with Crippen molar-refractivity contribution in [1.29, 1.82) is 0 Å². The number of nitrogens with zero attached hydrogens (tertiary/aromatic N) is 4. The van der Waals surface area contributed by atoms with Gasteiger partial charge in [0.25, 0.3) is 0 Å². The van der Waals surface area contributed by atoms with Crippen LogP contribution in [0.5, 0.6) is 0 Å². The van der Waals surface area contributed by atoms with E-state index < -0.39 is 0 Å². The van der Waals surface area contributed by atoms with E-state index in [1.165, 1.54) is 16.8 Å². The molecule has 6 rings (SSSR count). The van der Waals surface area contributed by atoms with E-state index in [9.17, 15) is 0 Å². The van der Waals surface area contributed by atoms with Crippen LogP contribution in [-0.4, -0.2) is 41.1 Å². The smallest absolute Gasteiger partial charge is 0.166 e. The van der Waals surface area contributed by atoms with Crippen molar-refractivity contribution in [3.05, 3.63) is 79.8 Å². The van der Waals surface area contributed by atoms with Crippen molar-refractivity contribution in [2.45, 2.75) is 12.5 Å². The van der Waals surface area contributed by atoms with E-state index in [0.29, 0.717) is 10.5 Å². The summed E-state index contributed by atoms with van der Waals surface area (Å²) in [4.78, 5) is 14.0. The molecular weight excluding hydrogens is 398 g/mol. The number of fused-ring (bicyclic) bond motifs is 2. The Morgan fingerprint density at radius 1 is 1.09 bits per heavy atom. The van der Waals surface area contributed by atoms with E-state index in [1.807, 2.05) is 24.8 Å². The second-order valence-electron chi connectivity index (χ2n) is 8.69. The third-order valence-corrected chi connectivity index (χ3v) is 6.65. The van der Waals surface area contributed by atoms with Gasteiger partial charge in [0.15, 0.2) is 5.69 Å². The molecule has 1 fully saturated rings. The van der Waals surface area contributed by atoms with Crippen LogP contribution in [0.1, 0.15) is 6.42 Å². The molecule has 4 heterocycles. The van der Waals surface area contributed by atoms with Crippen molar-refractivity contribution >= 4 is 39.3 Å². The topological polar surface area (TPSA) is 68.9 Å². The van der Waals surface area contributed by atoms with E-state index in [1.54, 1.807) is 6.33 Å². The van der Waals surface area contributed by atoms with Gasteiger partial charge in [-0.3, -0.25) is 0 Å². The monoisotopic (exact) mass is 424 g/mol. The van der Waals surface area contributed by atoms with Gasteiger partial charge in [0.1, 0.15) is 23.9 Å². The molecular formula is C25H26N7+. The molecule has 2 aliphatic rings. The second-order valence-corrected chi connectivity index (χ2v) is 8.69. The maximum absolute atomic E-state index is 4.15. The minimum Gasteiger partial charge on any atom is -0.380 e. The molecule has 160 valence electrons. The molecule has 0 amide bonds. The minimum absolute atomic E-state index is 0.392. The minimum atomic E-state index is 0.392. The van der Waals surface area contributed by atoms with E-state index >= 15 is 0 Å². The molecule has 2 atom stereocenters. The molecule has 0 bridgehead atoms. The van der Waals surface area contributed by atoms with Gasteiger partial charge in [-0.05, 0) is 36.1 Å². The third kappa shape index (κ3) is 3.18. The van der Waals surface area contributed by atoms with Gasteiger partial charge < -0.3 is 20.5 Å². The molecule has 0 radical (unpaired) electrons. The summed E-state index contributed by atoms with van der Waals surface area (Å²) in [5, 5.41) is 8.40. The first-order valence-electron chi connectivity index (χ1n) is 11.0. The van der Waals surface area contributed by atoms with Gasteiger partial charge >= 0.3 is 0 Å². The first-order valence-corrected chi connectivity index (χ1v) is 11.0. The van der Waals surface area contributed by atoms with Crippen LogP contribution in [-0.2, 0) is 0 Å². The van der Waals surface area contributed by atoms with Gasteiger partial charge in [-0.15, -0.1) is 0 Å². The van der Waals surface area contributed by atoms with Crippen LogP contribution in [0.3, 0.4) is 0 Å². The van der Waals surface area contributed by atoms with Crippen molar-refractivity contribution in [2.24, 2.45) is 0 Å². The van der Waals surface area contributed by atoms with Crippen molar-refractivity contribution in [3.8, 4) is 0 Å². The summed E-state index contributed by atoms with van der Waals surface area (Å²) in [6, 6.07) is 15.8. The Balaban J connectivity index is 1.24. The Labute approximate surface area is 187 Å². The molecule has 7 nitrogen and oxygen atoms in total. The summed E-state index contributed by atoms with van der Waals surface area (Å²) in [6.45, 7) is 1.95. The number of anilines is 3. The fraction of sp³-hybridized carbons (Fsp3) is 0.200. The number of aromatic nitrogens is 3. The Bertz CT molecular complexity index is 1300. The van der Waals surface area contributed by atoms with Crippen molar-refractivity contribution < 1.29 is 0 Å². The summed E-state index contributed by atoms with van der Waals surface area (Å²) in [7, 11) is 2.23. The van der Waals surface area contributed by atoms with Crippen LogP contribution in [0.25, 0.3) is 10.9 Å². The number of aromatic amines is 1. The average Bonchev–Trinajstić information content (AvgIpc) is 3.49. The number of rotatable bonds is 4. The highest BCUT2D eigenvalue weighted by Crippen LogP contribution is 2.43. The fourth-order valence-corrected chi connectivity index (χ4v) is 4.86. The second kappa shape index (κ2) is 7.39. The van der Waals surface area contributed by atoms with Gasteiger partial charge in [-0.2, -0.15) is 0 Å². The van der Waals surface area contributed by atoms with Gasteiger partial charge in [0, 0.05) is 49.2 Å². The Kier molecular flexibility index (Phi) is 4.36. The predicted molar refractivity (Wildman–Crippen MR) is 131 cm³/mol. The maximum atomic E-state index is 4.15. The zero-order valence-electron chi connectivity index (χ0n) is 18.0. The number of nitrogens with one attached hydrogen (secondary N) is 3. The van der Waals surface area contributed by atoms with E-state index in [-0.39, 0.29) is 0 Å². The molecule has 0 spiro atoms. The van der Waals surface area contributed by atoms with Crippen LogP contribution in [0.2, 0.25) is 0 Å². The zero-order valence-corrected chi connectivity index (χ0v) is 18.0. The molecule has 3 N–H and O–H groups in total. The van der Waals surface area contributed by atoms with Crippen LogP contribution in [0.15, 0.2) is 79.8 Å². The van der Waals surface area contributed by atoms with E-state index in [0.717, 1.165) is 42.1 Å². The van der Waals surface area contributed by atoms with Crippen molar-refractivity contribution in [3.63, 3.8) is 0 Å². The highest BCUT2D eigenvalue weighted by molar-refractivity contribution is 5.86. The predicted octanol–water partition coefficient (Wildman–Crippen LogP) is 4.81. The zero-order chi connectivity index (χ0) is 21.5. The van der Waals surface area contributed by atoms with Gasteiger partial charge in [-0.1, -0.05) is 0 Å². The van der Waals surface area contributed by atoms with Crippen LogP contribution in [0, 0.1) is 0 Å². The average molecular weight is 425 g/mol. The summed E-state index contributed by atoms with van der Waals surface area (Å²) in [5.74, 6) is 0. The molecule has 2 aliphatic heterocycles. The number of benzene rings is 2. The van der Waals surface area contributed by atoms with E-state index in [4.69, 9.17) is 0 Å². The lowest BCUT2D eigenvalue weighted by Crippen LogP contribution is -2.36. The fourth-order valence-electron chi connectivity index (χ4n) is 4.86. The van der Waals surface area contributed by atoms with Gasteiger partial charge in [0.05, 0.1) is 36.8 Å². The van der Waals surface area contributed by atoms with Crippen molar-refractivity contribution in [2.75, 3.05) is 35.7 Å². The van der Waals surface area contributed by atoms with Crippen molar-refractivity contribution in [1.82, 2.24) is 19.4 Å². The molecule has 0 saturated carbocycles. The highest BCUT2D eigenvalue weighted by Gasteiger charge is 2.32. The number of quaternary nitrogens is 1. The summed E-state index contributed by atoms with van der Waals surface area (Å²) >= 11 is 0. The Morgan fingerprint density at radius 3 is 2.91 bits per heavy atom. The molecule has 7 heteroatoms. The maximum Gasteiger partial charge on any atom is 0.166 e. The SMILES string of the molecule is C[N+]1(c2ccc3cc[nH]c3c2)C=CNc2cc(N[C@H]3CCN(c4cncnc4)C3)ccc21. The van der Waals surface area contributed by atoms with Crippen LogP contribution >= 0.6 is 0 Å². The summed E-state index contributed by atoms with van der Waals surface area (Å²) in [5.41, 5.74) is 6.94. The highest BCUT2D eigenvalue weighted by atomic mass is 15.4. The molecule has 32 heavy (non-hydrogen) atoms. The molecule has 0 aliphatic carbocycles. The number of H-pyrrole nitrogens is 1. The number of hydrogen-bond donors (Lipinski definition) is 3. The van der Waals surface area contributed by atoms with Crippen LogP contribution in [0.4, 0.5) is 28.4 Å². The molecule has 1 unspecified atom stereocenters. The number of hydrogen-bond acceptors (Lipinski definition) is 5. The summed E-state index contributed by atoms with van der Waals surface area (Å²) < 4.78 is 0.614. The first-order chi connectivity index (χ1) is 15.7. The quantitative estimate of drug-likeness (QED) is 0.410. The van der Waals surface area contributed by atoms with Gasteiger partial charge in [0.2, 0.25) is 0 Å². The Morgan fingerprint density at radius 2 is 2.00 bits per heavy atom. The third-order valence-electron chi connectivity index (χ3n) is 6.65. The molecule has 4 aromatic rings. The summed E-state index contributed by atoms with van der Waals surface area (Å²) in [6.07, 6.45) is 12.6. The first kappa shape index (κ1) is 18.9. The lowest BCUT2D eigenvalue weighted by atomic mass is 10.1. The lowest BCUT2D eigenvalue weighted by molar-refractivity contribution is 0.608. The van der Waals surface area contributed by atoms with Crippen LogP contribution < -0.4 is 20.0 Å². The Hall–Kier alpha value is -3.84. The largest absolute Gasteiger partial charge is 0.380 e. The lowest BCUT2D eigenvalue weighted by Gasteiger charge is -2.34. The molecule has 1 saturated heterocycles. The van der Waals surface area contributed by atoms with E-state index in [2.05, 4.69) is 86.2 Å².